The largest absolute Gasteiger partial charge is 0.443 e. The number of rotatable bonds is 3. The summed E-state index contributed by atoms with van der Waals surface area (Å²) in [5.74, 6) is 0. The number of carbonyl (C=O) groups excluding carboxylic acids is 1. The van der Waals surface area contributed by atoms with E-state index in [4.69, 9.17) is 16.2 Å². The number of carbonyl (C=O) groups is 1. The smallest absolute Gasteiger partial charge is 0.405 e. The molecule has 0 aliphatic rings. The first kappa shape index (κ1) is 11.4. The Morgan fingerprint density at radius 3 is 2.53 bits per heavy atom. The van der Waals surface area contributed by atoms with E-state index in [-0.39, 0.29) is 0 Å². The number of nitrogen functional groups attached to an aromatic ring is 1. The number of hydrogen-bond acceptors (Lipinski definition) is 3. The van der Waals surface area contributed by atoms with Gasteiger partial charge in [-0.1, -0.05) is 18.2 Å². The molecule has 0 atom stereocenters. The van der Waals surface area contributed by atoms with Gasteiger partial charge in [0.2, 0.25) is 0 Å². The quantitative estimate of drug-likeness (QED) is 0.742. The molecule has 1 aromatic carbocycles. The van der Waals surface area contributed by atoms with E-state index in [9.17, 15) is 4.79 Å². The van der Waals surface area contributed by atoms with E-state index < -0.39 is 11.7 Å². The monoisotopic (exact) mass is 208 g/mol. The lowest BCUT2D eigenvalue weighted by Crippen LogP contribution is -2.33. The molecule has 4 heteroatoms. The van der Waals surface area contributed by atoms with E-state index in [0.29, 0.717) is 12.1 Å². The summed E-state index contributed by atoms with van der Waals surface area (Å²) in [6.45, 7) is 3.59. The van der Waals surface area contributed by atoms with E-state index in [1.54, 1.807) is 13.8 Å². The molecule has 0 saturated heterocycles. The third-order valence-corrected chi connectivity index (χ3v) is 2.05. The maximum atomic E-state index is 10.7. The summed E-state index contributed by atoms with van der Waals surface area (Å²) >= 11 is 0. The predicted molar refractivity (Wildman–Crippen MR) is 59.3 cm³/mol. The molecule has 0 saturated carbocycles. The molecule has 0 fully saturated rings. The Morgan fingerprint density at radius 2 is 2.00 bits per heavy atom. The van der Waals surface area contributed by atoms with Gasteiger partial charge in [-0.3, -0.25) is 0 Å². The second kappa shape index (κ2) is 4.21. The second-order valence-electron chi connectivity index (χ2n) is 4.06. The van der Waals surface area contributed by atoms with E-state index in [1.807, 2.05) is 24.3 Å². The fraction of sp³-hybridized carbons (Fsp3) is 0.364. The first-order chi connectivity index (χ1) is 6.91. The standard InChI is InChI=1S/C11H16N2O2/c1-11(2,15-10(13)14)7-8-5-3-4-6-9(8)12/h3-6H,7,12H2,1-2H3,(H2,13,14). The first-order valence-corrected chi connectivity index (χ1v) is 4.72. The molecule has 0 unspecified atom stereocenters. The van der Waals surface area contributed by atoms with Gasteiger partial charge in [0.15, 0.2) is 0 Å². The van der Waals surface area contributed by atoms with Crippen LogP contribution < -0.4 is 11.5 Å². The van der Waals surface area contributed by atoms with Crippen molar-refractivity contribution in [3.8, 4) is 0 Å². The van der Waals surface area contributed by atoms with E-state index in [2.05, 4.69) is 0 Å². The Morgan fingerprint density at radius 1 is 1.40 bits per heavy atom. The van der Waals surface area contributed by atoms with Gasteiger partial charge in [-0.15, -0.1) is 0 Å². The van der Waals surface area contributed by atoms with Gasteiger partial charge in [0, 0.05) is 12.1 Å². The van der Waals surface area contributed by atoms with Gasteiger partial charge in [-0.05, 0) is 25.5 Å². The zero-order valence-corrected chi connectivity index (χ0v) is 8.99. The lowest BCUT2D eigenvalue weighted by Gasteiger charge is -2.24. The minimum Gasteiger partial charge on any atom is -0.443 e. The summed E-state index contributed by atoms with van der Waals surface area (Å²) in [6.07, 6.45) is -0.225. The summed E-state index contributed by atoms with van der Waals surface area (Å²) < 4.78 is 4.98. The molecule has 0 heterocycles. The zero-order chi connectivity index (χ0) is 11.5. The Hall–Kier alpha value is -1.71. The van der Waals surface area contributed by atoms with Gasteiger partial charge in [-0.25, -0.2) is 4.79 Å². The van der Waals surface area contributed by atoms with Crippen molar-refractivity contribution in [2.45, 2.75) is 25.9 Å². The van der Waals surface area contributed by atoms with E-state index >= 15 is 0 Å². The first-order valence-electron chi connectivity index (χ1n) is 4.72. The highest BCUT2D eigenvalue weighted by atomic mass is 16.6. The number of ether oxygens (including phenoxy) is 1. The fourth-order valence-corrected chi connectivity index (χ4v) is 1.46. The number of primary amides is 1. The van der Waals surface area contributed by atoms with Crippen molar-refractivity contribution in [2.24, 2.45) is 5.73 Å². The number of nitrogens with two attached hydrogens (primary N) is 2. The second-order valence-corrected chi connectivity index (χ2v) is 4.06. The lowest BCUT2D eigenvalue weighted by molar-refractivity contribution is 0.0461. The lowest BCUT2D eigenvalue weighted by atomic mass is 9.97. The molecule has 0 aromatic heterocycles. The maximum absolute atomic E-state index is 10.7. The van der Waals surface area contributed by atoms with Crippen LogP contribution in [0.5, 0.6) is 0 Å². The molecular weight excluding hydrogens is 192 g/mol. The number of para-hydroxylation sites is 1. The third-order valence-electron chi connectivity index (χ3n) is 2.05. The molecule has 4 N–H and O–H groups in total. The van der Waals surface area contributed by atoms with Crippen LogP contribution in [0.2, 0.25) is 0 Å². The summed E-state index contributed by atoms with van der Waals surface area (Å²) in [5.41, 5.74) is 11.8. The summed E-state index contributed by atoms with van der Waals surface area (Å²) in [5, 5.41) is 0. The molecule has 1 amide bonds. The van der Waals surface area contributed by atoms with Gasteiger partial charge < -0.3 is 16.2 Å². The number of benzene rings is 1. The number of hydrogen-bond donors (Lipinski definition) is 2. The van der Waals surface area contributed by atoms with E-state index in [0.717, 1.165) is 5.56 Å². The molecule has 15 heavy (non-hydrogen) atoms. The molecule has 1 aromatic rings. The van der Waals surface area contributed by atoms with Crippen LogP contribution in [0.4, 0.5) is 10.5 Å². The van der Waals surface area contributed by atoms with Crippen LogP contribution in [-0.2, 0) is 11.2 Å². The van der Waals surface area contributed by atoms with Crippen molar-refractivity contribution in [3.63, 3.8) is 0 Å². The predicted octanol–water partition coefficient (Wildman–Crippen LogP) is 1.69. The van der Waals surface area contributed by atoms with Gasteiger partial charge in [-0.2, -0.15) is 0 Å². The van der Waals surface area contributed by atoms with Crippen LogP contribution in [-0.4, -0.2) is 11.7 Å². The van der Waals surface area contributed by atoms with Crippen molar-refractivity contribution in [1.82, 2.24) is 0 Å². The third kappa shape index (κ3) is 3.50. The number of amides is 1. The van der Waals surface area contributed by atoms with Crippen LogP contribution in [0.15, 0.2) is 24.3 Å². The van der Waals surface area contributed by atoms with Gasteiger partial charge >= 0.3 is 6.09 Å². The van der Waals surface area contributed by atoms with Crippen molar-refractivity contribution >= 4 is 11.8 Å². The summed E-state index contributed by atoms with van der Waals surface area (Å²) in [4.78, 5) is 10.7. The van der Waals surface area contributed by atoms with Gasteiger partial charge in [0.1, 0.15) is 5.60 Å². The molecule has 1 rings (SSSR count). The minimum absolute atomic E-state index is 0.544. The Labute approximate surface area is 89.2 Å². The van der Waals surface area contributed by atoms with Crippen LogP contribution in [0.25, 0.3) is 0 Å². The van der Waals surface area contributed by atoms with Crippen molar-refractivity contribution in [2.75, 3.05) is 5.73 Å². The van der Waals surface area contributed by atoms with Crippen LogP contribution in [0, 0.1) is 0 Å². The van der Waals surface area contributed by atoms with Crippen LogP contribution >= 0.6 is 0 Å². The van der Waals surface area contributed by atoms with E-state index in [1.165, 1.54) is 0 Å². The van der Waals surface area contributed by atoms with Crippen LogP contribution in [0.3, 0.4) is 0 Å². The highest BCUT2D eigenvalue weighted by Gasteiger charge is 2.22. The zero-order valence-electron chi connectivity index (χ0n) is 8.99. The molecule has 82 valence electrons. The summed E-state index contributed by atoms with van der Waals surface area (Å²) in [7, 11) is 0. The topological polar surface area (TPSA) is 78.3 Å². The molecule has 0 aliphatic heterocycles. The van der Waals surface area contributed by atoms with Crippen molar-refractivity contribution in [3.05, 3.63) is 29.8 Å². The average molecular weight is 208 g/mol. The molecule has 0 bridgehead atoms. The SMILES string of the molecule is CC(C)(Cc1ccccc1N)OC(N)=O. The molecule has 0 spiro atoms. The average Bonchev–Trinajstić information content (AvgIpc) is 2.06. The van der Waals surface area contributed by atoms with Crippen molar-refractivity contribution < 1.29 is 9.53 Å². The fourth-order valence-electron chi connectivity index (χ4n) is 1.46. The minimum atomic E-state index is -0.769. The molecule has 0 aliphatic carbocycles. The Kier molecular flexibility index (Phi) is 3.19. The maximum Gasteiger partial charge on any atom is 0.405 e. The molecule has 0 radical (unpaired) electrons. The number of anilines is 1. The van der Waals surface area contributed by atoms with Gasteiger partial charge in [0.25, 0.3) is 0 Å². The van der Waals surface area contributed by atoms with Crippen molar-refractivity contribution in [1.29, 1.82) is 0 Å². The normalized spacial score (nSPS) is 11.1. The van der Waals surface area contributed by atoms with Crippen LogP contribution in [0.1, 0.15) is 19.4 Å². The highest BCUT2D eigenvalue weighted by molar-refractivity contribution is 5.65. The highest BCUT2D eigenvalue weighted by Crippen LogP contribution is 2.20. The molecule has 4 nitrogen and oxygen atoms in total. The Balaban J connectivity index is 2.77. The summed E-state index contributed by atoms with van der Waals surface area (Å²) in [6, 6.07) is 7.48. The van der Waals surface area contributed by atoms with Gasteiger partial charge in [0.05, 0.1) is 0 Å². The molecular formula is C11H16N2O2. The Bertz CT molecular complexity index is 361.